The highest BCUT2D eigenvalue weighted by atomic mass is 35.5. The maximum Gasteiger partial charge on any atom is 0.178 e. The zero-order valence-electron chi connectivity index (χ0n) is 9.88. The van der Waals surface area contributed by atoms with E-state index < -0.39 is 0 Å². The summed E-state index contributed by atoms with van der Waals surface area (Å²) in [6.45, 7) is 2.00. The molecule has 19 heavy (non-hydrogen) atoms. The molecule has 0 bridgehead atoms. The maximum absolute atomic E-state index is 8.91. The van der Waals surface area contributed by atoms with E-state index in [1.54, 1.807) is 6.07 Å². The van der Waals surface area contributed by atoms with Gasteiger partial charge in [0.25, 0.3) is 0 Å². The van der Waals surface area contributed by atoms with Crippen LogP contribution in [0.4, 0.5) is 0 Å². The Bertz CT molecular complexity index is 698. The molecule has 0 saturated heterocycles. The van der Waals surface area contributed by atoms with Crippen LogP contribution in [0.15, 0.2) is 34.2 Å². The van der Waals surface area contributed by atoms with Crippen molar-refractivity contribution in [3.63, 3.8) is 0 Å². The third-order valence-electron chi connectivity index (χ3n) is 2.27. The first-order valence-corrected chi connectivity index (χ1v) is 6.45. The van der Waals surface area contributed by atoms with Crippen LogP contribution in [-0.2, 0) is 0 Å². The predicted octanol–water partition coefficient (Wildman–Crippen LogP) is 3.33. The van der Waals surface area contributed by atoms with Crippen LogP contribution in [0.1, 0.15) is 17.0 Å². The van der Waals surface area contributed by atoms with Crippen molar-refractivity contribution in [3.05, 3.63) is 46.4 Å². The maximum atomic E-state index is 8.91. The highest BCUT2D eigenvalue weighted by molar-refractivity contribution is 7.99. The van der Waals surface area contributed by atoms with Gasteiger partial charge in [-0.05, 0) is 19.1 Å². The zero-order chi connectivity index (χ0) is 13.8. The molecule has 92 valence electrons. The molecule has 0 aliphatic carbocycles. The Morgan fingerprint density at radius 1 is 1.05 bits per heavy atom. The molecule has 4 nitrogen and oxygen atoms in total. The standard InChI is InChI=1S/C13H7ClN4S/c1-8-2-4-9(5-3-8)19-13-12(14)17-10(6-15)11(7-16)18-13/h2-5H,1H3. The van der Waals surface area contributed by atoms with Crippen molar-refractivity contribution in [3.8, 4) is 12.1 Å². The Labute approximate surface area is 119 Å². The van der Waals surface area contributed by atoms with Gasteiger partial charge in [-0.1, -0.05) is 41.1 Å². The van der Waals surface area contributed by atoms with E-state index in [1.165, 1.54) is 11.8 Å². The third kappa shape index (κ3) is 3.03. The molecular weight excluding hydrogens is 280 g/mol. The Morgan fingerprint density at radius 3 is 2.21 bits per heavy atom. The first-order valence-electron chi connectivity index (χ1n) is 5.26. The molecule has 1 heterocycles. The summed E-state index contributed by atoms with van der Waals surface area (Å²) in [6, 6.07) is 11.4. The number of nitriles is 2. The number of aryl methyl sites for hydroxylation is 1. The quantitative estimate of drug-likeness (QED) is 0.846. The molecule has 0 amide bonds. The molecule has 0 aliphatic heterocycles. The fourth-order valence-corrected chi connectivity index (χ4v) is 2.34. The largest absolute Gasteiger partial charge is 0.224 e. The van der Waals surface area contributed by atoms with E-state index in [1.807, 2.05) is 37.3 Å². The van der Waals surface area contributed by atoms with E-state index in [0.29, 0.717) is 5.03 Å². The van der Waals surface area contributed by atoms with E-state index >= 15 is 0 Å². The minimum absolute atomic E-state index is 0.0125. The predicted molar refractivity (Wildman–Crippen MR) is 71.8 cm³/mol. The fraction of sp³-hybridized carbons (Fsp3) is 0.0769. The first kappa shape index (κ1) is 13.4. The second kappa shape index (κ2) is 5.71. The minimum Gasteiger partial charge on any atom is -0.224 e. The summed E-state index contributed by atoms with van der Waals surface area (Å²) in [5, 5.41) is 18.3. The molecule has 2 rings (SSSR count). The summed E-state index contributed by atoms with van der Waals surface area (Å²) in [6.07, 6.45) is 0. The smallest absolute Gasteiger partial charge is 0.178 e. The van der Waals surface area contributed by atoms with E-state index in [2.05, 4.69) is 9.97 Å². The van der Waals surface area contributed by atoms with Crippen LogP contribution in [0.25, 0.3) is 0 Å². The number of aromatic nitrogens is 2. The number of hydrogen-bond donors (Lipinski definition) is 0. The van der Waals surface area contributed by atoms with Crippen LogP contribution in [0.2, 0.25) is 5.15 Å². The van der Waals surface area contributed by atoms with E-state index in [-0.39, 0.29) is 16.5 Å². The molecule has 0 N–H and O–H groups in total. The zero-order valence-corrected chi connectivity index (χ0v) is 11.5. The van der Waals surface area contributed by atoms with Gasteiger partial charge >= 0.3 is 0 Å². The van der Waals surface area contributed by atoms with Crippen LogP contribution in [0.5, 0.6) is 0 Å². The van der Waals surface area contributed by atoms with Gasteiger partial charge in [0.05, 0.1) is 0 Å². The van der Waals surface area contributed by atoms with Gasteiger partial charge in [0, 0.05) is 4.90 Å². The lowest BCUT2D eigenvalue weighted by Crippen LogP contribution is -1.97. The van der Waals surface area contributed by atoms with Crippen LogP contribution in [0.3, 0.4) is 0 Å². The Hall–Kier alpha value is -2.08. The van der Waals surface area contributed by atoms with Crippen molar-refractivity contribution < 1.29 is 0 Å². The van der Waals surface area contributed by atoms with Crippen molar-refractivity contribution >= 4 is 23.4 Å². The summed E-state index contributed by atoms with van der Waals surface area (Å²) in [4.78, 5) is 8.88. The van der Waals surface area contributed by atoms with Crippen LogP contribution in [0, 0.1) is 29.6 Å². The molecule has 1 aromatic carbocycles. The number of halogens is 1. The molecule has 0 fully saturated rings. The number of nitrogens with zero attached hydrogens (tertiary/aromatic N) is 4. The lowest BCUT2D eigenvalue weighted by Gasteiger charge is -2.04. The normalized spacial score (nSPS) is 9.68. The van der Waals surface area contributed by atoms with E-state index in [9.17, 15) is 0 Å². The van der Waals surface area contributed by atoms with Gasteiger partial charge in [0.1, 0.15) is 17.2 Å². The molecule has 0 aliphatic rings. The second-order valence-electron chi connectivity index (χ2n) is 3.66. The summed E-state index contributed by atoms with van der Waals surface area (Å²) >= 11 is 7.27. The fourth-order valence-electron chi connectivity index (χ4n) is 1.34. The van der Waals surface area contributed by atoms with Gasteiger partial charge in [-0.2, -0.15) is 10.5 Å². The molecule has 0 saturated carbocycles. The van der Waals surface area contributed by atoms with E-state index in [4.69, 9.17) is 22.1 Å². The number of rotatable bonds is 2. The summed E-state index contributed by atoms with van der Waals surface area (Å²) in [7, 11) is 0. The van der Waals surface area contributed by atoms with Gasteiger partial charge in [-0.3, -0.25) is 0 Å². The molecule has 0 spiro atoms. The molecular formula is C13H7ClN4S. The monoisotopic (exact) mass is 286 g/mol. The molecule has 1 aromatic heterocycles. The topological polar surface area (TPSA) is 73.4 Å². The molecule has 2 aromatic rings. The average Bonchev–Trinajstić information content (AvgIpc) is 2.43. The molecule has 6 heteroatoms. The second-order valence-corrected chi connectivity index (χ2v) is 5.08. The Kier molecular flexibility index (Phi) is 4.01. The highest BCUT2D eigenvalue weighted by Gasteiger charge is 2.13. The van der Waals surface area contributed by atoms with Gasteiger partial charge in [-0.15, -0.1) is 0 Å². The third-order valence-corrected chi connectivity index (χ3v) is 3.63. The van der Waals surface area contributed by atoms with Crippen molar-refractivity contribution in [2.75, 3.05) is 0 Å². The van der Waals surface area contributed by atoms with Crippen LogP contribution < -0.4 is 0 Å². The Balaban J connectivity index is 2.39. The molecule has 0 atom stereocenters. The Morgan fingerprint density at radius 2 is 1.63 bits per heavy atom. The van der Waals surface area contributed by atoms with Crippen molar-refractivity contribution in [1.82, 2.24) is 9.97 Å². The summed E-state index contributed by atoms with van der Waals surface area (Å²) in [5.41, 5.74) is 1.08. The molecule has 0 unspecified atom stereocenters. The highest BCUT2D eigenvalue weighted by Crippen LogP contribution is 2.31. The van der Waals surface area contributed by atoms with Crippen molar-refractivity contribution in [1.29, 1.82) is 10.5 Å². The van der Waals surface area contributed by atoms with Crippen molar-refractivity contribution in [2.24, 2.45) is 0 Å². The summed E-state index contributed by atoms with van der Waals surface area (Å²) in [5.74, 6) is 0. The number of benzene rings is 1. The SMILES string of the molecule is Cc1ccc(Sc2nc(C#N)c(C#N)nc2Cl)cc1. The first-order chi connectivity index (χ1) is 9.13. The van der Waals surface area contributed by atoms with Crippen LogP contribution in [-0.4, -0.2) is 9.97 Å². The van der Waals surface area contributed by atoms with E-state index in [0.717, 1.165) is 10.5 Å². The van der Waals surface area contributed by atoms with Gasteiger partial charge < -0.3 is 0 Å². The van der Waals surface area contributed by atoms with Gasteiger partial charge in [0.15, 0.2) is 16.5 Å². The average molecular weight is 287 g/mol. The van der Waals surface area contributed by atoms with Crippen LogP contribution >= 0.6 is 23.4 Å². The molecule has 0 radical (unpaired) electrons. The minimum atomic E-state index is -0.0549. The van der Waals surface area contributed by atoms with Crippen molar-refractivity contribution in [2.45, 2.75) is 16.8 Å². The van der Waals surface area contributed by atoms with Gasteiger partial charge in [0.2, 0.25) is 0 Å². The summed E-state index contributed by atoms with van der Waals surface area (Å²) < 4.78 is 0. The lowest BCUT2D eigenvalue weighted by molar-refractivity contribution is 1.01. The van der Waals surface area contributed by atoms with Gasteiger partial charge in [-0.25, -0.2) is 9.97 Å². The number of hydrogen-bond acceptors (Lipinski definition) is 5. The lowest BCUT2D eigenvalue weighted by atomic mass is 10.2.